The predicted octanol–water partition coefficient (Wildman–Crippen LogP) is 2.44. The third-order valence-corrected chi connectivity index (χ3v) is 3.23. The van der Waals surface area contributed by atoms with E-state index >= 15 is 0 Å². The Labute approximate surface area is 117 Å². The lowest BCUT2D eigenvalue weighted by molar-refractivity contribution is -0.384. The largest absolute Gasteiger partial charge is 0.465 e. The van der Waals surface area contributed by atoms with E-state index in [1.165, 1.54) is 6.07 Å². The summed E-state index contributed by atoms with van der Waals surface area (Å²) < 4.78 is 4.95. The molecule has 1 aliphatic rings. The van der Waals surface area contributed by atoms with E-state index in [0.29, 0.717) is 12.3 Å². The van der Waals surface area contributed by atoms with Crippen molar-refractivity contribution >= 4 is 17.3 Å². The van der Waals surface area contributed by atoms with Gasteiger partial charge >= 0.3 is 5.97 Å². The van der Waals surface area contributed by atoms with Gasteiger partial charge in [0.2, 0.25) is 0 Å². The lowest BCUT2D eigenvalue weighted by Crippen LogP contribution is -2.33. The molecule has 1 aliphatic carbocycles. The van der Waals surface area contributed by atoms with Crippen molar-refractivity contribution < 1.29 is 14.5 Å². The molecule has 0 unspecified atom stereocenters. The summed E-state index contributed by atoms with van der Waals surface area (Å²) in [5.74, 6) is -0.353. The highest BCUT2D eigenvalue weighted by Gasteiger charge is 2.34. The highest BCUT2D eigenvalue weighted by molar-refractivity contribution is 5.78. The maximum absolute atomic E-state index is 11.7. The molecule has 108 valence electrons. The van der Waals surface area contributed by atoms with E-state index in [0.717, 1.165) is 18.4 Å². The van der Waals surface area contributed by atoms with Crippen molar-refractivity contribution in [3.8, 4) is 0 Å². The highest BCUT2D eigenvalue weighted by atomic mass is 16.6. The van der Waals surface area contributed by atoms with Crippen LogP contribution in [0, 0.1) is 17.0 Å². The summed E-state index contributed by atoms with van der Waals surface area (Å²) in [5.41, 5.74) is 1.37. The molecule has 0 N–H and O–H groups in total. The van der Waals surface area contributed by atoms with Crippen LogP contribution in [0.4, 0.5) is 11.4 Å². The van der Waals surface area contributed by atoms with Gasteiger partial charge in [-0.1, -0.05) is 6.07 Å². The van der Waals surface area contributed by atoms with Crippen LogP contribution < -0.4 is 4.90 Å². The van der Waals surface area contributed by atoms with Crippen LogP contribution in [-0.4, -0.2) is 30.1 Å². The monoisotopic (exact) mass is 278 g/mol. The van der Waals surface area contributed by atoms with Gasteiger partial charge in [0.15, 0.2) is 0 Å². The SMILES string of the molecule is CCOC(=O)CN(c1ccc(C)cc1[N+](=O)[O-])C1CC1. The molecule has 0 aromatic heterocycles. The van der Waals surface area contributed by atoms with Crippen LogP contribution in [0.25, 0.3) is 0 Å². The molecule has 1 fully saturated rings. The number of nitro benzene ring substituents is 1. The van der Waals surface area contributed by atoms with Gasteiger partial charge in [-0.15, -0.1) is 0 Å². The molecule has 1 aromatic carbocycles. The van der Waals surface area contributed by atoms with E-state index in [1.807, 2.05) is 13.0 Å². The molecule has 0 atom stereocenters. The Bertz CT molecular complexity index is 526. The van der Waals surface area contributed by atoms with Gasteiger partial charge in [0, 0.05) is 12.1 Å². The zero-order valence-electron chi connectivity index (χ0n) is 11.7. The number of benzene rings is 1. The summed E-state index contributed by atoms with van der Waals surface area (Å²) in [4.78, 5) is 24.3. The molecule has 2 rings (SSSR count). The molecule has 20 heavy (non-hydrogen) atoms. The summed E-state index contributed by atoms with van der Waals surface area (Å²) in [5, 5.41) is 11.2. The van der Waals surface area contributed by atoms with Crippen LogP contribution in [0.2, 0.25) is 0 Å². The number of anilines is 1. The highest BCUT2D eigenvalue weighted by Crippen LogP contribution is 2.37. The zero-order chi connectivity index (χ0) is 14.7. The third kappa shape index (κ3) is 3.26. The molecule has 0 aliphatic heterocycles. The van der Waals surface area contributed by atoms with Gasteiger partial charge in [0.1, 0.15) is 12.2 Å². The molecular formula is C14H18N2O4. The van der Waals surface area contributed by atoms with E-state index in [2.05, 4.69) is 0 Å². The standard InChI is InChI=1S/C14H18N2O4/c1-3-20-14(17)9-15(11-5-6-11)12-7-4-10(2)8-13(12)16(18)19/h4,7-8,11H,3,5-6,9H2,1-2H3. The summed E-state index contributed by atoms with van der Waals surface area (Å²) in [6.45, 7) is 3.92. The third-order valence-electron chi connectivity index (χ3n) is 3.23. The van der Waals surface area contributed by atoms with Crippen LogP contribution in [-0.2, 0) is 9.53 Å². The van der Waals surface area contributed by atoms with Crippen molar-refractivity contribution in [1.29, 1.82) is 0 Å². The molecule has 6 heteroatoms. The average molecular weight is 278 g/mol. The Morgan fingerprint density at radius 2 is 2.20 bits per heavy atom. The lowest BCUT2D eigenvalue weighted by atomic mass is 10.1. The molecule has 0 saturated heterocycles. The number of ether oxygens (including phenoxy) is 1. The summed E-state index contributed by atoms with van der Waals surface area (Å²) in [7, 11) is 0. The van der Waals surface area contributed by atoms with Crippen LogP contribution in [0.5, 0.6) is 0 Å². The second-order valence-electron chi connectivity index (χ2n) is 4.91. The molecule has 6 nitrogen and oxygen atoms in total. The van der Waals surface area contributed by atoms with Gasteiger partial charge in [-0.3, -0.25) is 14.9 Å². The topological polar surface area (TPSA) is 72.7 Å². The van der Waals surface area contributed by atoms with Crippen LogP contribution in [0.1, 0.15) is 25.3 Å². The Kier molecular flexibility index (Phi) is 4.22. The second-order valence-corrected chi connectivity index (χ2v) is 4.91. The first-order chi connectivity index (χ1) is 9.52. The molecule has 0 heterocycles. The van der Waals surface area contributed by atoms with Crippen molar-refractivity contribution in [2.45, 2.75) is 32.7 Å². The van der Waals surface area contributed by atoms with Gasteiger partial charge in [0.25, 0.3) is 5.69 Å². The van der Waals surface area contributed by atoms with Gasteiger partial charge in [0.05, 0.1) is 11.5 Å². The number of hydrogen-bond donors (Lipinski definition) is 0. The minimum absolute atomic E-state index is 0.0428. The maximum Gasteiger partial charge on any atom is 0.325 e. The van der Waals surface area contributed by atoms with Crippen molar-refractivity contribution in [3.05, 3.63) is 33.9 Å². The average Bonchev–Trinajstić information content (AvgIpc) is 3.20. The van der Waals surface area contributed by atoms with E-state index in [1.54, 1.807) is 17.9 Å². The van der Waals surface area contributed by atoms with Crippen molar-refractivity contribution in [2.75, 3.05) is 18.1 Å². The first-order valence-electron chi connectivity index (χ1n) is 6.70. The fourth-order valence-corrected chi connectivity index (χ4v) is 2.17. The Balaban J connectivity index is 2.29. The van der Waals surface area contributed by atoms with E-state index in [-0.39, 0.29) is 24.2 Å². The summed E-state index contributed by atoms with van der Waals surface area (Å²) in [6.07, 6.45) is 1.90. The normalized spacial score (nSPS) is 13.9. The number of carbonyl (C=O) groups excluding carboxylic acids is 1. The van der Waals surface area contributed by atoms with Crippen molar-refractivity contribution in [2.24, 2.45) is 0 Å². The summed E-state index contributed by atoms with van der Waals surface area (Å²) >= 11 is 0. The first-order valence-corrected chi connectivity index (χ1v) is 6.70. The Hall–Kier alpha value is -2.11. The predicted molar refractivity (Wildman–Crippen MR) is 74.8 cm³/mol. The number of esters is 1. The number of rotatable bonds is 6. The van der Waals surface area contributed by atoms with E-state index in [9.17, 15) is 14.9 Å². The fourth-order valence-electron chi connectivity index (χ4n) is 2.17. The molecule has 1 aromatic rings. The van der Waals surface area contributed by atoms with Crippen molar-refractivity contribution in [3.63, 3.8) is 0 Å². The summed E-state index contributed by atoms with van der Waals surface area (Å²) in [6, 6.07) is 5.27. The first kappa shape index (κ1) is 14.3. The van der Waals surface area contributed by atoms with Crippen LogP contribution in [0.15, 0.2) is 18.2 Å². The van der Waals surface area contributed by atoms with Gasteiger partial charge < -0.3 is 9.64 Å². The second kappa shape index (κ2) is 5.90. The molecule has 0 radical (unpaired) electrons. The Morgan fingerprint density at radius 3 is 2.75 bits per heavy atom. The van der Waals surface area contributed by atoms with Crippen LogP contribution >= 0.6 is 0 Å². The Morgan fingerprint density at radius 1 is 1.50 bits per heavy atom. The zero-order valence-corrected chi connectivity index (χ0v) is 11.7. The quantitative estimate of drug-likeness (QED) is 0.454. The van der Waals surface area contributed by atoms with E-state index in [4.69, 9.17) is 4.74 Å². The molecule has 0 spiro atoms. The maximum atomic E-state index is 11.7. The minimum Gasteiger partial charge on any atom is -0.465 e. The van der Waals surface area contributed by atoms with Crippen molar-refractivity contribution in [1.82, 2.24) is 0 Å². The number of hydrogen-bond acceptors (Lipinski definition) is 5. The lowest BCUT2D eigenvalue weighted by Gasteiger charge is -2.23. The number of nitro groups is 1. The van der Waals surface area contributed by atoms with E-state index < -0.39 is 4.92 Å². The number of nitrogens with zero attached hydrogens (tertiary/aromatic N) is 2. The van der Waals surface area contributed by atoms with Crippen LogP contribution in [0.3, 0.4) is 0 Å². The molecule has 0 bridgehead atoms. The molecule has 0 amide bonds. The number of aryl methyl sites for hydroxylation is 1. The fraction of sp³-hybridized carbons (Fsp3) is 0.500. The number of carbonyl (C=O) groups is 1. The van der Waals surface area contributed by atoms with Gasteiger partial charge in [-0.05, 0) is 38.3 Å². The van der Waals surface area contributed by atoms with Gasteiger partial charge in [-0.2, -0.15) is 0 Å². The van der Waals surface area contributed by atoms with Gasteiger partial charge in [-0.25, -0.2) is 0 Å². The molecular weight excluding hydrogens is 260 g/mol. The smallest absolute Gasteiger partial charge is 0.325 e. The minimum atomic E-state index is -0.400. The molecule has 1 saturated carbocycles.